The standard InChI is InChI=1S/C19H22BrNO/c1-2-13-6-8-14(9-7-13)10-15-11-17(20)19(12-18(15)21)22-16-4-3-5-16/h6-9,11-12,16H,2-5,10,21H2,1H3. The fourth-order valence-corrected chi connectivity index (χ4v) is 3.12. The van der Waals surface area contributed by atoms with Gasteiger partial charge in [0.1, 0.15) is 5.75 Å². The van der Waals surface area contributed by atoms with E-state index >= 15 is 0 Å². The zero-order valence-corrected chi connectivity index (χ0v) is 14.5. The summed E-state index contributed by atoms with van der Waals surface area (Å²) in [5.41, 5.74) is 10.8. The van der Waals surface area contributed by atoms with Gasteiger partial charge in [0.05, 0.1) is 10.6 Å². The smallest absolute Gasteiger partial charge is 0.135 e. The molecule has 0 amide bonds. The lowest BCUT2D eigenvalue weighted by molar-refractivity contribution is 0.119. The average molecular weight is 360 g/mol. The van der Waals surface area contributed by atoms with Gasteiger partial charge in [-0.3, -0.25) is 0 Å². The molecule has 3 rings (SSSR count). The Labute approximate surface area is 140 Å². The van der Waals surface area contributed by atoms with E-state index in [9.17, 15) is 0 Å². The first-order chi connectivity index (χ1) is 10.7. The summed E-state index contributed by atoms with van der Waals surface area (Å²) in [4.78, 5) is 0. The van der Waals surface area contributed by atoms with Crippen LogP contribution in [-0.4, -0.2) is 6.10 Å². The number of benzene rings is 2. The van der Waals surface area contributed by atoms with E-state index in [-0.39, 0.29) is 0 Å². The van der Waals surface area contributed by atoms with Crippen LogP contribution in [0.4, 0.5) is 5.69 Å². The van der Waals surface area contributed by atoms with Gasteiger partial charge in [0.25, 0.3) is 0 Å². The van der Waals surface area contributed by atoms with E-state index < -0.39 is 0 Å². The monoisotopic (exact) mass is 359 g/mol. The van der Waals surface area contributed by atoms with Crippen molar-refractivity contribution in [3.05, 3.63) is 57.6 Å². The Morgan fingerprint density at radius 2 is 1.82 bits per heavy atom. The summed E-state index contributed by atoms with van der Waals surface area (Å²) in [7, 11) is 0. The van der Waals surface area contributed by atoms with Crippen LogP contribution in [0.5, 0.6) is 5.75 Å². The number of nitrogens with two attached hydrogens (primary N) is 1. The summed E-state index contributed by atoms with van der Waals surface area (Å²) in [6, 6.07) is 12.8. The summed E-state index contributed by atoms with van der Waals surface area (Å²) in [5, 5.41) is 0. The summed E-state index contributed by atoms with van der Waals surface area (Å²) < 4.78 is 6.96. The van der Waals surface area contributed by atoms with Crippen molar-refractivity contribution in [1.29, 1.82) is 0 Å². The molecule has 22 heavy (non-hydrogen) atoms. The number of anilines is 1. The number of halogens is 1. The van der Waals surface area contributed by atoms with E-state index in [1.54, 1.807) is 0 Å². The van der Waals surface area contributed by atoms with Crippen molar-refractivity contribution >= 4 is 21.6 Å². The van der Waals surface area contributed by atoms with Gasteiger partial charge in [-0.1, -0.05) is 31.2 Å². The SMILES string of the molecule is CCc1ccc(Cc2cc(Br)c(OC3CCC3)cc2N)cc1. The molecule has 0 atom stereocenters. The highest BCUT2D eigenvalue weighted by molar-refractivity contribution is 9.10. The molecule has 0 spiro atoms. The van der Waals surface area contributed by atoms with Crippen molar-refractivity contribution in [3.8, 4) is 5.75 Å². The van der Waals surface area contributed by atoms with Crippen LogP contribution in [0, 0.1) is 0 Å². The second-order valence-corrected chi connectivity index (χ2v) is 6.85. The van der Waals surface area contributed by atoms with Crippen LogP contribution in [0.1, 0.15) is 42.9 Å². The number of aryl methyl sites for hydroxylation is 1. The first-order valence-electron chi connectivity index (χ1n) is 7.98. The van der Waals surface area contributed by atoms with E-state index in [2.05, 4.69) is 53.2 Å². The molecule has 1 aliphatic rings. The van der Waals surface area contributed by atoms with Crippen molar-refractivity contribution in [2.75, 3.05) is 5.73 Å². The van der Waals surface area contributed by atoms with Crippen LogP contribution in [0.25, 0.3) is 0 Å². The lowest BCUT2D eigenvalue weighted by Gasteiger charge is -2.27. The fourth-order valence-electron chi connectivity index (χ4n) is 2.63. The van der Waals surface area contributed by atoms with Crippen molar-refractivity contribution in [3.63, 3.8) is 0 Å². The molecule has 2 aromatic rings. The van der Waals surface area contributed by atoms with Crippen LogP contribution >= 0.6 is 15.9 Å². The molecular weight excluding hydrogens is 338 g/mol. The topological polar surface area (TPSA) is 35.2 Å². The number of hydrogen-bond donors (Lipinski definition) is 1. The highest BCUT2D eigenvalue weighted by Crippen LogP contribution is 2.34. The number of ether oxygens (including phenoxy) is 1. The van der Waals surface area contributed by atoms with E-state index in [4.69, 9.17) is 10.5 Å². The number of rotatable bonds is 5. The second-order valence-electron chi connectivity index (χ2n) is 6.00. The Kier molecular flexibility index (Phi) is 4.72. The van der Waals surface area contributed by atoms with Gasteiger partial charge in [-0.05, 0) is 70.8 Å². The summed E-state index contributed by atoms with van der Waals surface area (Å²) in [5.74, 6) is 0.868. The first-order valence-corrected chi connectivity index (χ1v) is 8.77. The third-order valence-corrected chi connectivity index (χ3v) is 4.99. The number of hydrogen-bond acceptors (Lipinski definition) is 2. The minimum Gasteiger partial charge on any atom is -0.489 e. The van der Waals surface area contributed by atoms with Crippen LogP contribution in [0.2, 0.25) is 0 Å². The number of nitrogen functional groups attached to an aromatic ring is 1. The van der Waals surface area contributed by atoms with Crippen LogP contribution < -0.4 is 10.5 Å². The normalized spacial score (nSPS) is 14.6. The van der Waals surface area contributed by atoms with Crippen LogP contribution in [-0.2, 0) is 12.8 Å². The lowest BCUT2D eigenvalue weighted by Crippen LogP contribution is -2.24. The van der Waals surface area contributed by atoms with Gasteiger partial charge in [-0.15, -0.1) is 0 Å². The molecule has 0 radical (unpaired) electrons. The zero-order valence-electron chi connectivity index (χ0n) is 12.9. The first kappa shape index (κ1) is 15.4. The Morgan fingerprint density at radius 3 is 2.41 bits per heavy atom. The van der Waals surface area contributed by atoms with Crippen molar-refractivity contribution < 1.29 is 4.74 Å². The molecule has 2 N–H and O–H groups in total. The van der Waals surface area contributed by atoms with Gasteiger partial charge in [-0.25, -0.2) is 0 Å². The minimum atomic E-state index is 0.364. The minimum absolute atomic E-state index is 0.364. The molecule has 2 nitrogen and oxygen atoms in total. The molecule has 1 saturated carbocycles. The van der Waals surface area contributed by atoms with Crippen molar-refractivity contribution in [2.24, 2.45) is 0 Å². The van der Waals surface area contributed by atoms with Gasteiger partial charge in [0.2, 0.25) is 0 Å². The Bertz CT molecular complexity index is 647. The van der Waals surface area contributed by atoms with E-state index in [1.807, 2.05) is 6.07 Å². The molecule has 0 saturated heterocycles. The Balaban J connectivity index is 1.76. The van der Waals surface area contributed by atoms with Crippen molar-refractivity contribution in [2.45, 2.75) is 45.1 Å². The Morgan fingerprint density at radius 1 is 1.14 bits per heavy atom. The molecule has 1 aliphatic carbocycles. The maximum atomic E-state index is 6.23. The maximum absolute atomic E-state index is 6.23. The summed E-state index contributed by atoms with van der Waals surface area (Å²) in [6.07, 6.45) is 5.85. The largest absolute Gasteiger partial charge is 0.489 e. The molecule has 0 bridgehead atoms. The molecular formula is C19H22BrNO. The highest BCUT2D eigenvalue weighted by atomic mass is 79.9. The third kappa shape index (κ3) is 3.46. The molecule has 0 heterocycles. The van der Waals surface area contributed by atoms with Gasteiger partial charge in [0, 0.05) is 11.8 Å². The molecule has 0 unspecified atom stereocenters. The van der Waals surface area contributed by atoms with Crippen LogP contribution in [0.15, 0.2) is 40.9 Å². The molecule has 2 aromatic carbocycles. The summed E-state index contributed by atoms with van der Waals surface area (Å²) in [6.45, 7) is 2.17. The van der Waals surface area contributed by atoms with E-state index in [0.717, 1.165) is 47.2 Å². The molecule has 0 aliphatic heterocycles. The zero-order chi connectivity index (χ0) is 15.5. The van der Waals surface area contributed by atoms with Crippen LogP contribution in [0.3, 0.4) is 0 Å². The molecule has 116 valence electrons. The van der Waals surface area contributed by atoms with Crippen molar-refractivity contribution in [1.82, 2.24) is 0 Å². The van der Waals surface area contributed by atoms with Gasteiger partial charge < -0.3 is 10.5 Å². The predicted molar refractivity (Wildman–Crippen MR) is 95.4 cm³/mol. The average Bonchev–Trinajstić information content (AvgIpc) is 2.48. The summed E-state index contributed by atoms with van der Waals surface area (Å²) >= 11 is 3.62. The third-order valence-electron chi connectivity index (χ3n) is 4.37. The quantitative estimate of drug-likeness (QED) is 0.752. The molecule has 1 fully saturated rings. The molecule has 3 heteroatoms. The van der Waals surface area contributed by atoms with Gasteiger partial charge >= 0.3 is 0 Å². The van der Waals surface area contributed by atoms with Gasteiger partial charge in [0.15, 0.2) is 0 Å². The van der Waals surface area contributed by atoms with Gasteiger partial charge in [-0.2, -0.15) is 0 Å². The van der Waals surface area contributed by atoms with E-state index in [0.29, 0.717) is 6.10 Å². The lowest BCUT2D eigenvalue weighted by atomic mass is 9.96. The Hall–Kier alpha value is -1.48. The maximum Gasteiger partial charge on any atom is 0.135 e. The predicted octanol–water partition coefficient (Wildman–Crippen LogP) is 5.12. The second kappa shape index (κ2) is 6.74. The van der Waals surface area contributed by atoms with E-state index in [1.165, 1.54) is 17.5 Å². The molecule has 0 aromatic heterocycles. The highest BCUT2D eigenvalue weighted by Gasteiger charge is 2.20. The fraction of sp³-hybridized carbons (Fsp3) is 0.368.